The summed E-state index contributed by atoms with van der Waals surface area (Å²) in [5.41, 5.74) is 0.448. The average molecular weight is 239 g/mol. The zero-order valence-corrected chi connectivity index (χ0v) is 9.96. The Balaban J connectivity index is 3.25. The average Bonchev–Trinajstić information content (AvgIpc) is 2.33. The van der Waals surface area contributed by atoms with Crippen molar-refractivity contribution in [3.8, 4) is 0 Å². The predicted octanol–water partition coefficient (Wildman–Crippen LogP) is 3.09. The topological polar surface area (TPSA) is 20.3 Å². The molecule has 0 aromatic heterocycles. The zero-order chi connectivity index (χ0) is 13.0. The molecule has 2 nitrogen and oxygen atoms in total. The molecule has 0 N–H and O–H groups in total. The van der Waals surface area contributed by atoms with Crippen molar-refractivity contribution in [3.05, 3.63) is 41.5 Å². The van der Waals surface area contributed by atoms with Crippen molar-refractivity contribution in [1.82, 2.24) is 4.90 Å². The van der Waals surface area contributed by atoms with Gasteiger partial charge in [-0.1, -0.05) is 12.7 Å². The molecule has 17 heavy (non-hydrogen) atoms. The Labute approximate surface area is 99.5 Å². The normalized spacial score (nSPS) is 10.1. The monoisotopic (exact) mass is 239 g/mol. The molecule has 0 saturated heterocycles. The SMILES string of the molecule is C=Cc1cc(F)c(F)cc1C(=O)N(CC)CC. The minimum atomic E-state index is -1.02. The van der Waals surface area contributed by atoms with Crippen LogP contribution in [0.3, 0.4) is 0 Å². The van der Waals surface area contributed by atoms with Crippen LogP contribution in [-0.4, -0.2) is 23.9 Å². The third-order valence-electron chi connectivity index (χ3n) is 2.59. The molecule has 0 fully saturated rings. The first-order valence-electron chi connectivity index (χ1n) is 5.45. The van der Waals surface area contributed by atoms with Crippen molar-refractivity contribution in [3.63, 3.8) is 0 Å². The molecule has 0 saturated carbocycles. The van der Waals surface area contributed by atoms with Gasteiger partial charge in [0.2, 0.25) is 0 Å². The van der Waals surface area contributed by atoms with Gasteiger partial charge in [0.05, 0.1) is 0 Å². The molecule has 1 aromatic carbocycles. The molecule has 92 valence electrons. The molecule has 0 atom stereocenters. The highest BCUT2D eigenvalue weighted by Gasteiger charge is 2.18. The van der Waals surface area contributed by atoms with Crippen molar-refractivity contribution >= 4 is 12.0 Å². The van der Waals surface area contributed by atoms with E-state index in [2.05, 4.69) is 6.58 Å². The van der Waals surface area contributed by atoms with Crippen LogP contribution in [0, 0.1) is 11.6 Å². The fourth-order valence-electron chi connectivity index (χ4n) is 1.60. The van der Waals surface area contributed by atoms with E-state index in [1.807, 2.05) is 13.8 Å². The van der Waals surface area contributed by atoms with Gasteiger partial charge in [-0.05, 0) is 31.5 Å². The van der Waals surface area contributed by atoms with E-state index >= 15 is 0 Å². The van der Waals surface area contributed by atoms with E-state index < -0.39 is 11.6 Å². The standard InChI is InChI=1S/C13H15F2NO/c1-4-9-7-11(14)12(15)8-10(9)13(17)16(5-2)6-3/h4,7-8H,1,5-6H2,2-3H3. The first-order chi connectivity index (χ1) is 8.04. The Morgan fingerprint density at radius 3 is 2.29 bits per heavy atom. The van der Waals surface area contributed by atoms with Gasteiger partial charge >= 0.3 is 0 Å². The molecule has 1 aromatic rings. The van der Waals surface area contributed by atoms with Crippen LogP contribution in [0.2, 0.25) is 0 Å². The molecule has 0 heterocycles. The predicted molar refractivity (Wildman–Crippen MR) is 63.7 cm³/mol. The summed E-state index contributed by atoms with van der Waals surface area (Å²) in [6.07, 6.45) is 1.35. The van der Waals surface area contributed by atoms with Crippen LogP contribution >= 0.6 is 0 Å². The minimum Gasteiger partial charge on any atom is -0.339 e. The minimum absolute atomic E-state index is 0.141. The van der Waals surface area contributed by atoms with E-state index in [0.29, 0.717) is 18.7 Å². The molecule has 0 unspecified atom stereocenters. The maximum atomic E-state index is 13.1. The fourth-order valence-corrected chi connectivity index (χ4v) is 1.60. The van der Waals surface area contributed by atoms with Crippen molar-refractivity contribution in [2.45, 2.75) is 13.8 Å². The van der Waals surface area contributed by atoms with Gasteiger partial charge in [0.15, 0.2) is 11.6 Å². The highest BCUT2D eigenvalue weighted by molar-refractivity contribution is 5.97. The lowest BCUT2D eigenvalue weighted by Crippen LogP contribution is -2.31. The van der Waals surface area contributed by atoms with E-state index in [0.717, 1.165) is 12.1 Å². The van der Waals surface area contributed by atoms with Crippen LogP contribution in [-0.2, 0) is 0 Å². The highest BCUT2D eigenvalue weighted by atomic mass is 19.2. The Morgan fingerprint density at radius 1 is 1.29 bits per heavy atom. The lowest BCUT2D eigenvalue weighted by Gasteiger charge is -2.19. The lowest BCUT2D eigenvalue weighted by atomic mass is 10.1. The summed E-state index contributed by atoms with van der Waals surface area (Å²) in [5.74, 6) is -2.31. The molecule has 4 heteroatoms. The summed E-state index contributed by atoms with van der Waals surface area (Å²) in [4.78, 5) is 13.6. The molecule has 0 aliphatic rings. The number of hydrogen-bond donors (Lipinski definition) is 0. The van der Waals surface area contributed by atoms with Crippen molar-refractivity contribution in [1.29, 1.82) is 0 Å². The second-order valence-electron chi connectivity index (χ2n) is 3.54. The number of amides is 1. The van der Waals surface area contributed by atoms with Crippen molar-refractivity contribution < 1.29 is 13.6 Å². The summed E-state index contributed by atoms with van der Waals surface area (Å²) >= 11 is 0. The smallest absolute Gasteiger partial charge is 0.254 e. The van der Waals surface area contributed by atoms with Gasteiger partial charge < -0.3 is 4.90 Å². The van der Waals surface area contributed by atoms with Crippen LogP contribution < -0.4 is 0 Å². The largest absolute Gasteiger partial charge is 0.339 e. The van der Waals surface area contributed by atoms with Crippen LogP contribution in [0.25, 0.3) is 6.08 Å². The molecule has 0 radical (unpaired) electrons. The van der Waals surface area contributed by atoms with E-state index in [-0.39, 0.29) is 11.5 Å². The summed E-state index contributed by atoms with van der Waals surface area (Å²) in [7, 11) is 0. The molecule has 0 aliphatic carbocycles. The third-order valence-corrected chi connectivity index (χ3v) is 2.59. The Morgan fingerprint density at radius 2 is 1.82 bits per heavy atom. The fraction of sp³-hybridized carbons (Fsp3) is 0.308. The van der Waals surface area contributed by atoms with Gasteiger partial charge in [-0.15, -0.1) is 0 Å². The molecule has 0 spiro atoms. The molecular weight excluding hydrogens is 224 g/mol. The number of rotatable bonds is 4. The van der Waals surface area contributed by atoms with E-state index in [1.54, 1.807) is 4.90 Å². The maximum Gasteiger partial charge on any atom is 0.254 e. The van der Waals surface area contributed by atoms with Crippen LogP contribution in [0.1, 0.15) is 29.8 Å². The molecular formula is C13H15F2NO. The molecule has 1 amide bonds. The first-order valence-corrected chi connectivity index (χ1v) is 5.45. The Bertz CT molecular complexity index is 439. The number of carbonyl (C=O) groups excluding carboxylic acids is 1. The van der Waals surface area contributed by atoms with Crippen LogP contribution in [0.4, 0.5) is 8.78 Å². The second-order valence-corrected chi connectivity index (χ2v) is 3.54. The van der Waals surface area contributed by atoms with E-state index in [4.69, 9.17) is 0 Å². The van der Waals surface area contributed by atoms with Gasteiger partial charge in [-0.2, -0.15) is 0 Å². The number of hydrogen-bond acceptors (Lipinski definition) is 1. The summed E-state index contributed by atoms with van der Waals surface area (Å²) in [6, 6.07) is 1.91. The summed E-state index contributed by atoms with van der Waals surface area (Å²) in [6.45, 7) is 8.19. The van der Waals surface area contributed by atoms with Crippen LogP contribution in [0.15, 0.2) is 18.7 Å². The number of carbonyl (C=O) groups is 1. The Kier molecular flexibility index (Phi) is 4.37. The Hall–Kier alpha value is -1.71. The number of halogens is 2. The summed E-state index contributed by atoms with van der Waals surface area (Å²) < 4.78 is 26.2. The first kappa shape index (κ1) is 13.4. The van der Waals surface area contributed by atoms with Gasteiger partial charge in [0, 0.05) is 18.7 Å². The number of nitrogens with zero attached hydrogens (tertiary/aromatic N) is 1. The quantitative estimate of drug-likeness (QED) is 0.790. The van der Waals surface area contributed by atoms with Crippen LogP contribution in [0.5, 0.6) is 0 Å². The van der Waals surface area contributed by atoms with E-state index in [9.17, 15) is 13.6 Å². The molecule has 0 aliphatic heterocycles. The van der Waals surface area contributed by atoms with Gasteiger partial charge in [-0.25, -0.2) is 8.78 Å². The van der Waals surface area contributed by atoms with Crippen molar-refractivity contribution in [2.24, 2.45) is 0 Å². The maximum absolute atomic E-state index is 13.1. The molecule has 0 bridgehead atoms. The lowest BCUT2D eigenvalue weighted by molar-refractivity contribution is 0.0772. The molecule has 1 rings (SSSR count). The van der Waals surface area contributed by atoms with Gasteiger partial charge in [0.1, 0.15) is 0 Å². The van der Waals surface area contributed by atoms with Crippen molar-refractivity contribution in [2.75, 3.05) is 13.1 Å². The second kappa shape index (κ2) is 5.57. The van der Waals surface area contributed by atoms with E-state index in [1.165, 1.54) is 6.08 Å². The highest BCUT2D eigenvalue weighted by Crippen LogP contribution is 2.18. The zero-order valence-electron chi connectivity index (χ0n) is 9.96. The summed E-state index contributed by atoms with van der Waals surface area (Å²) in [5, 5.41) is 0. The number of benzene rings is 1. The van der Waals surface area contributed by atoms with Gasteiger partial charge in [-0.3, -0.25) is 4.79 Å². The third kappa shape index (κ3) is 2.70. The van der Waals surface area contributed by atoms with Gasteiger partial charge in [0.25, 0.3) is 5.91 Å².